The molecule has 2 fully saturated rings. The number of rotatable bonds is 5. The maximum Gasteiger partial charge on any atom is 0.322 e. The van der Waals surface area contributed by atoms with E-state index in [0.717, 1.165) is 5.75 Å². The average molecular weight is 331 g/mol. The first kappa shape index (κ1) is 16.3. The Morgan fingerprint density at radius 2 is 1.88 bits per heavy atom. The molecule has 0 atom stereocenters. The van der Waals surface area contributed by atoms with Gasteiger partial charge in [-0.2, -0.15) is 0 Å². The van der Waals surface area contributed by atoms with E-state index in [2.05, 4.69) is 10.6 Å². The molecule has 2 saturated heterocycles. The summed E-state index contributed by atoms with van der Waals surface area (Å²) in [5, 5.41) is 4.96. The SMILES string of the molecule is O=C1NC(=O)C2(CCN(C(=O)CCCOc3ccccc3)CC2)N1. The zero-order chi connectivity index (χ0) is 17.0. The Labute approximate surface area is 140 Å². The van der Waals surface area contributed by atoms with Gasteiger partial charge >= 0.3 is 6.03 Å². The number of carbonyl (C=O) groups is 3. The van der Waals surface area contributed by atoms with Gasteiger partial charge in [-0.3, -0.25) is 14.9 Å². The summed E-state index contributed by atoms with van der Waals surface area (Å²) in [6.07, 6.45) is 1.97. The molecule has 2 aliphatic heterocycles. The number of benzene rings is 1. The molecule has 2 aliphatic rings. The van der Waals surface area contributed by atoms with Crippen molar-refractivity contribution in [3.63, 3.8) is 0 Å². The minimum absolute atomic E-state index is 0.0613. The van der Waals surface area contributed by atoms with Gasteiger partial charge in [0.05, 0.1) is 6.61 Å². The van der Waals surface area contributed by atoms with Gasteiger partial charge in [-0.15, -0.1) is 0 Å². The van der Waals surface area contributed by atoms with Gasteiger partial charge in [0.2, 0.25) is 5.91 Å². The topological polar surface area (TPSA) is 87.7 Å². The molecule has 0 aromatic heterocycles. The Kier molecular flexibility index (Phi) is 4.69. The molecule has 2 heterocycles. The lowest BCUT2D eigenvalue weighted by atomic mass is 9.87. The number of piperidine rings is 1. The molecule has 0 aliphatic carbocycles. The number of para-hydroxylation sites is 1. The normalized spacial score (nSPS) is 19.1. The molecular formula is C17H21N3O4. The largest absolute Gasteiger partial charge is 0.494 e. The average Bonchev–Trinajstić information content (AvgIpc) is 2.86. The minimum atomic E-state index is -0.829. The van der Waals surface area contributed by atoms with E-state index in [0.29, 0.717) is 45.4 Å². The summed E-state index contributed by atoms with van der Waals surface area (Å²) in [5.41, 5.74) is -0.829. The fourth-order valence-corrected chi connectivity index (χ4v) is 3.11. The molecule has 2 N–H and O–H groups in total. The van der Waals surface area contributed by atoms with Gasteiger partial charge in [0, 0.05) is 19.5 Å². The molecule has 1 spiro atoms. The number of amides is 4. The lowest BCUT2D eigenvalue weighted by Gasteiger charge is -2.37. The Morgan fingerprint density at radius 1 is 1.17 bits per heavy atom. The van der Waals surface area contributed by atoms with Crippen LogP contribution in [0.3, 0.4) is 0 Å². The number of nitrogens with zero attached hydrogens (tertiary/aromatic N) is 1. The van der Waals surface area contributed by atoms with Gasteiger partial charge in [0.15, 0.2) is 0 Å². The van der Waals surface area contributed by atoms with Crippen molar-refractivity contribution >= 4 is 17.8 Å². The third-order valence-electron chi connectivity index (χ3n) is 4.53. The summed E-state index contributed by atoms with van der Waals surface area (Å²) in [4.78, 5) is 37.2. The van der Waals surface area contributed by atoms with E-state index in [-0.39, 0.29) is 11.8 Å². The third-order valence-corrected chi connectivity index (χ3v) is 4.53. The number of urea groups is 1. The smallest absolute Gasteiger partial charge is 0.322 e. The van der Waals surface area contributed by atoms with Crippen LogP contribution in [0.1, 0.15) is 25.7 Å². The van der Waals surface area contributed by atoms with Crippen molar-refractivity contribution in [2.75, 3.05) is 19.7 Å². The fraction of sp³-hybridized carbons (Fsp3) is 0.471. The van der Waals surface area contributed by atoms with Crippen LogP contribution in [0, 0.1) is 0 Å². The maximum atomic E-state index is 12.2. The summed E-state index contributed by atoms with van der Waals surface area (Å²) in [6.45, 7) is 1.45. The van der Waals surface area contributed by atoms with Crippen molar-refractivity contribution in [1.82, 2.24) is 15.5 Å². The number of nitrogens with one attached hydrogen (secondary N) is 2. The lowest BCUT2D eigenvalue weighted by molar-refractivity contribution is -0.136. The van der Waals surface area contributed by atoms with Gasteiger partial charge in [-0.1, -0.05) is 18.2 Å². The summed E-state index contributed by atoms with van der Waals surface area (Å²) < 4.78 is 5.57. The van der Waals surface area contributed by atoms with E-state index in [1.165, 1.54) is 0 Å². The highest BCUT2D eigenvalue weighted by Gasteiger charge is 2.48. The van der Waals surface area contributed by atoms with Crippen LogP contribution in [0.25, 0.3) is 0 Å². The van der Waals surface area contributed by atoms with Crippen molar-refractivity contribution in [3.8, 4) is 5.75 Å². The van der Waals surface area contributed by atoms with Crippen LogP contribution in [0.4, 0.5) is 4.79 Å². The molecule has 1 aromatic carbocycles. The first-order chi connectivity index (χ1) is 11.6. The monoisotopic (exact) mass is 331 g/mol. The number of imide groups is 1. The van der Waals surface area contributed by atoms with Crippen LogP contribution in [0.5, 0.6) is 5.75 Å². The van der Waals surface area contributed by atoms with Crippen molar-refractivity contribution in [3.05, 3.63) is 30.3 Å². The highest BCUT2D eigenvalue weighted by Crippen LogP contribution is 2.25. The molecule has 128 valence electrons. The van der Waals surface area contributed by atoms with Crippen LogP contribution < -0.4 is 15.4 Å². The molecule has 0 saturated carbocycles. The summed E-state index contributed by atoms with van der Waals surface area (Å²) in [6, 6.07) is 9.05. The summed E-state index contributed by atoms with van der Waals surface area (Å²) >= 11 is 0. The molecule has 24 heavy (non-hydrogen) atoms. The van der Waals surface area contributed by atoms with Gasteiger partial charge in [0.1, 0.15) is 11.3 Å². The van der Waals surface area contributed by atoms with E-state index in [9.17, 15) is 14.4 Å². The van der Waals surface area contributed by atoms with Crippen molar-refractivity contribution in [2.45, 2.75) is 31.2 Å². The molecule has 0 bridgehead atoms. The Morgan fingerprint density at radius 3 is 2.50 bits per heavy atom. The zero-order valence-corrected chi connectivity index (χ0v) is 13.4. The Hall–Kier alpha value is -2.57. The highest BCUT2D eigenvalue weighted by molar-refractivity contribution is 6.07. The molecule has 0 unspecified atom stereocenters. The highest BCUT2D eigenvalue weighted by atomic mass is 16.5. The van der Waals surface area contributed by atoms with Gasteiger partial charge in [0.25, 0.3) is 5.91 Å². The van der Waals surface area contributed by atoms with E-state index >= 15 is 0 Å². The molecule has 4 amide bonds. The standard InChI is InChI=1S/C17H21N3O4/c21-14(7-4-12-24-13-5-2-1-3-6-13)20-10-8-17(9-11-20)15(22)18-16(23)19-17/h1-3,5-6H,4,7-12H2,(H2,18,19,22,23). The van der Waals surface area contributed by atoms with Gasteiger partial charge in [-0.05, 0) is 31.4 Å². The third kappa shape index (κ3) is 3.50. The van der Waals surface area contributed by atoms with Crippen LogP contribution in [-0.2, 0) is 9.59 Å². The van der Waals surface area contributed by atoms with Crippen molar-refractivity contribution < 1.29 is 19.1 Å². The second-order valence-corrected chi connectivity index (χ2v) is 6.14. The molecule has 3 rings (SSSR count). The van der Waals surface area contributed by atoms with Gasteiger partial charge < -0.3 is 15.0 Å². The predicted octanol–water partition coefficient (Wildman–Crippen LogP) is 1.05. The Balaban J connectivity index is 1.39. The fourth-order valence-electron chi connectivity index (χ4n) is 3.11. The second kappa shape index (κ2) is 6.90. The minimum Gasteiger partial charge on any atom is -0.494 e. The van der Waals surface area contributed by atoms with Crippen LogP contribution in [0.2, 0.25) is 0 Å². The summed E-state index contributed by atoms with van der Waals surface area (Å²) in [7, 11) is 0. The van der Waals surface area contributed by atoms with Crippen LogP contribution in [-0.4, -0.2) is 48.0 Å². The van der Waals surface area contributed by atoms with E-state index in [1.807, 2.05) is 30.3 Å². The molecule has 1 aromatic rings. The predicted molar refractivity (Wildman–Crippen MR) is 86.4 cm³/mol. The number of carbonyl (C=O) groups excluding carboxylic acids is 3. The van der Waals surface area contributed by atoms with E-state index < -0.39 is 11.6 Å². The van der Waals surface area contributed by atoms with E-state index in [1.54, 1.807) is 4.90 Å². The quantitative estimate of drug-likeness (QED) is 0.623. The first-order valence-corrected chi connectivity index (χ1v) is 8.18. The molecular weight excluding hydrogens is 310 g/mol. The molecule has 7 nitrogen and oxygen atoms in total. The van der Waals surface area contributed by atoms with Crippen molar-refractivity contribution in [2.24, 2.45) is 0 Å². The molecule has 0 radical (unpaired) electrons. The number of ether oxygens (including phenoxy) is 1. The Bertz CT molecular complexity index is 624. The summed E-state index contributed by atoms with van der Waals surface area (Å²) in [5.74, 6) is 0.579. The maximum absolute atomic E-state index is 12.2. The molecule has 7 heteroatoms. The number of hydrogen-bond acceptors (Lipinski definition) is 4. The van der Waals surface area contributed by atoms with Crippen LogP contribution in [0.15, 0.2) is 30.3 Å². The van der Waals surface area contributed by atoms with Crippen molar-refractivity contribution in [1.29, 1.82) is 0 Å². The first-order valence-electron chi connectivity index (χ1n) is 8.18. The van der Waals surface area contributed by atoms with E-state index in [4.69, 9.17) is 4.74 Å². The van der Waals surface area contributed by atoms with Gasteiger partial charge in [-0.25, -0.2) is 4.79 Å². The number of hydrogen-bond donors (Lipinski definition) is 2. The zero-order valence-electron chi connectivity index (χ0n) is 13.4. The lowest BCUT2D eigenvalue weighted by Crippen LogP contribution is -2.55. The van der Waals surface area contributed by atoms with Crippen LogP contribution >= 0.6 is 0 Å². The second-order valence-electron chi connectivity index (χ2n) is 6.14. The number of likely N-dealkylation sites (tertiary alicyclic amines) is 1.